The van der Waals surface area contributed by atoms with E-state index < -0.39 is 23.8 Å². The van der Waals surface area contributed by atoms with Crippen LogP contribution in [0.25, 0.3) is 10.9 Å². The maximum Gasteiger partial charge on any atom is 0.246 e. The van der Waals surface area contributed by atoms with Crippen LogP contribution in [0.2, 0.25) is 0 Å². The lowest BCUT2D eigenvalue weighted by Crippen LogP contribution is -2.48. The molecule has 0 unspecified atom stereocenters. The number of aromatic amines is 1. The van der Waals surface area contributed by atoms with Crippen molar-refractivity contribution in [2.45, 2.75) is 50.7 Å². The van der Waals surface area contributed by atoms with Gasteiger partial charge in [-0.2, -0.15) is 0 Å². The summed E-state index contributed by atoms with van der Waals surface area (Å²) >= 11 is 0. The molecule has 0 aliphatic carbocycles. The lowest BCUT2D eigenvalue weighted by Gasteiger charge is -2.39. The Morgan fingerprint density at radius 2 is 1.87 bits per heavy atom. The Balaban J connectivity index is 1.07. The smallest absolute Gasteiger partial charge is 0.246 e. The van der Waals surface area contributed by atoms with Crippen LogP contribution in [0.1, 0.15) is 41.9 Å². The topological polar surface area (TPSA) is 79.8 Å². The van der Waals surface area contributed by atoms with Gasteiger partial charge < -0.3 is 20.1 Å². The van der Waals surface area contributed by atoms with E-state index in [9.17, 15) is 23.8 Å². The Hall–Kier alpha value is -3.07. The fourth-order valence-corrected chi connectivity index (χ4v) is 6.21. The summed E-state index contributed by atoms with van der Waals surface area (Å²) < 4.78 is 26.7. The minimum absolute atomic E-state index is 0.0659. The van der Waals surface area contributed by atoms with Gasteiger partial charge in [-0.1, -0.05) is 24.3 Å². The minimum atomic E-state index is -0.631. The van der Waals surface area contributed by atoms with Crippen molar-refractivity contribution < 1.29 is 23.8 Å². The first-order valence-corrected chi connectivity index (χ1v) is 13.8. The number of aliphatic hydroxyl groups excluding tert-OH is 2. The van der Waals surface area contributed by atoms with Crippen LogP contribution < -0.4 is 0 Å². The van der Waals surface area contributed by atoms with E-state index in [1.807, 2.05) is 6.20 Å². The van der Waals surface area contributed by atoms with Crippen molar-refractivity contribution in [3.63, 3.8) is 0 Å². The van der Waals surface area contributed by atoms with Crippen molar-refractivity contribution in [3.05, 3.63) is 83.1 Å². The number of nitrogens with one attached hydrogen (secondary N) is 1. The van der Waals surface area contributed by atoms with Gasteiger partial charge >= 0.3 is 0 Å². The van der Waals surface area contributed by atoms with Gasteiger partial charge in [0.15, 0.2) is 0 Å². The molecule has 2 aliphatic rings. The number of likely N-dealkylation sites (tertiary alicyclic amines) is 2. The number of allylic oxidation sites excluding steroid dienone is 1. The van der Waals surface area contributed by atoms with E-state index in [1.54, 1.807) is 11.0 Å². The minimum Gasteiger partial charge on any atom is -0.392 e. The third kappa shape index (κ3) is 6.40. The number of fused-ring (bicyclic) bond motifs is 1. The van der Waals surface area contributed by atoms with Crippen LogP contribution >= 0.6 is 0 Å². The molecule has 2 saturated heterocycles. The second-order valence-corrected chi connectivity index (χ2v) is 11.1. The summed E-state index contributed by atoms with van der Waals surface area (Å²) in [6.45, 7) is 5.05. The van der Waals surface area contributed by atoms with Gasteiger partial charge in [0.25, 0.3) is 0 Å². The first-order valence-electron chi connectivity index (χ1n) is 13.8. The Morgan fingerprint density at radius 3 is 2.59 bits per heavy atom. The molecule has 0 spiro atoms. The third-order valence-electron chi connectivity index (χ3n) is 8.40. The maximum atomic E-state index is 13.3. The molecule has 2 aliphatic heterocycles. The Kier molecular flexibility index (Phi) is 8.45. The zero-order valence-corrected chi connectivity index (χ0v) is 22.3. The molecule has 2 fully saturated rings. The molecule has 0 radical (unpaired) electrons. The summed E-state index contributed by atoms with van der Waals surface area (Å²) in [6.07, 6.45) is 6.63. The number of aliphatic hydroxyl groups is 2. The molecule has 5 rings (SSSR count). The number of halogens is 2. The molecule has 3 atom stereocenters. The summed E-state index contributed by atoms with van der Waals surface area (Å²) in [6, 6.07) is 9.59. The highest BCUT2D eigenvalue weighted by Crippen LogP contribution is 2.34. The Bertz CT molecular complexity index is 1310. The second kappa shape index (κ2) is 12.0. The maximum absolute atomic E-state index is 13.3. The van der Waals surface area contributed by atoms with Crippen molar-refractivity contribution in [1.82, 2.24) is 14.8 Å². The third-order valence-corrected chi connectivity index (χ3v) is 8.40. The van der Waals surface area contributed by atoms with Crippen molar-refractivity contribution in [2.24, 2.45) is 5.92 Å². The van der Waals surface area contributed by atoms with Crippen molar-refractivity contribution in [2.75, 3.05) is 32.7 Å². The van der Waals surface area contributed by atoms with Crippen LogP contribution in [0.5, 0.6) is 0 Å². The number of hydrogen-bond donors (Lipinski definition) is 3. The van der Waals surface area contributed by atoms with E-state index in [0.29, 0.717) is 44.6 Å². The van der Waals surface area contributed by atoms with Gasteiger partial charge in [0.1, 0.15) is 11.6 Å². The van der Waals surface area contributed by atoms with E-state index in [4.69, 9.17) is 0 Å². The molecule has 8 heteroatoms. The average Bonchev–Trinajstić information content (AvgIpc) is 3.33. The molecule has 0 bridgehead atoms. The van der Waals surface area contributed by atoms with E-state index in [0.717, 1.165) is 30.1 Å². The molecule has 1 amide bonds. The van der Waals surface area contributed by atoms with Gasteiger partial charge in [-0.3, -0.25) is 9.69 Å². The predicted octanol–water partition coefficient (Wildman–Crippen LogP) is 4.30. The Morgan fingerprint density at radius 1 is 1.13 bits per heavy atom. The lowest BCUT2D eigenvalue weighted by atomic mass is 9.85. The lowest BCUT2D eigenvalue weighted by molar-refractivity contribution is -0.128. The fraction of sp³-hybridized carbons (Fsp3) is 0.452. The van der Waals surface area contributed by atoms with Gasteiger partial charge in [0.05, 0.1) is 12.2 Å². The molecule has 3 heterocycles. The zero-order chi connectivity index (χ0) is 27.5. The van der Waals surface area contributed by atoms with E-state index in [-0.39, 0.29) is 24.2 Å². The SMILES string of the molecule is Cc1cccc2c([C@H]3CCN(C[C@@H](O)C4CCN(C(=O)/C=C/Cc5cc(F)cc(F)c5)CC4)C[C@@H]3O)c[nH]c12. The van der Waals surface area contributed by atoms with Crippen LogP contribution in [0.15, 0.2) is 54.7 Å². The molecule has 0 saturated carbocycles. The van der Waals surface area contributed by atoms with Crippen molar-refractivity contribution in [3.8, 4) is 0 Å². The number of β-amino-alcohol motifs (C(OH)–C–C–N with tert-alkyl or cyclic N) is 2. The number of aryl methyl sites for hydroxylation is 1. The van der Waals surface area contributed by atoms with Gasteiger partial charge in [-0.15, -0.1) is 0 Å². The number of benzene rings is 2. The van der Waals surface area contributed by atoms with E-state index >= 15 is 0 Å². The van der Waals surface area contributed by atoms with Gasteiger partial charge in [-0.05, 0) is 80.0 Å². The Labute approximate surface area is 227 Å². The molecule has 3 aromatic rings. The highest BCUT2D eigenvalue weighted by Gasteiger charge is 2.33. The summed E-state index contributed by atoms with van der Waals surface area (Å²) in [5.41, 5.74) is 3.96. The van der Waals surface area contributed by atoms with Crippen LogP contribution in [0.3, 0.4) is 0 Å². The van der Waals surface area contributed by atoms with Crippen molar-refractivity contribution >= 4 is 16.8 Å². The van der Waals surface area contributed by atoms with E-state index in [1.165, 1.54) is 29.2 Å². The normalized spacial score (nSPS) is 22.1. The first kappa shape index (κ1) is 27.5. The van der Waals surface area contributed by atoms with Gasteiger partial charge in [0, 0.05) is 55.3 Å². The number of para-hydroxylation sites is 1. The van der Waals surface area contributed by atoms with Crippen LogP contribution in [0.4, 0.5) is 8.78 Å². The fourth-order valence-electron chi connectivity index (χ4n) is 6.21. The second-order valence-electron chi connectivity index (χ2n) is 11.1. The standard InChI is InChI=1S/C31H37F2N3O3/c1-20-4-2-6-26-27(17-34-31(20)26)25-10-11-35(19-29(25)38)18-28(37)22-8-12-36(13-9-22)30(39)7-3-5-21-14-23(32)16-24(33)15-21/h2-4,6-7,14-17,22,25,28-29,34,37-38H,5,8-13,18-19H2,1H3/b7-3+/t25-,28-,29+/m1/s1. The summed E-state index contributed by atoms with van der Waals surface area (Å²) in [4.78, 5) is 19.8. The summed E-state index contributed by atoms with van der Waals surface area (Å²) in [5, 5.41) is 23.1. The van der Waals surface area contributed by atoms with Crippen LogP contribution in [-0.4, -0.2) is 75.8 Å². The van der Waals surface area contributed by atoms with Crippen molar-refractivity contribution in [1.29, 1.82) is 0 Å². The number of carbonyl (C=O) groups is 1. The highest BCUT2D eigenvalue weighted by molar-refractivity contribution is 5.87. The molecule has 2 aromatic carbocycles. The number of amides is 1. The zero-order valence-electron chi connectivity index (χ0n) is 22.3. The number of hydrogen-bond acceptors (Lipinski definition) is 4. The summed E-state index contributed by atoms with van der Waals surface area (Å²) in [7, 11) is 0. The molecular weight excluding hydrogens is 500 g/mol. The molecule has 3 N–H and O–H groups in total. The van der Waals surface area contributed by atoms with Crippen LogP contribution in [0, 0.1) is 24.5 Å². The number of piperidine rings is 2. The number of H-pyrrole nitrogens is 1. The van der Waals surface area contributed by atoms with Gasteiger partial charge in [0.2, 0.25) is 5.91 Å². The van der Waals surface area contributed by atoms with E-state index in [2.05, 4.69) is 35.0 Å². The quantitative estimate of drug-likeness (QED) is 0.393. The molecule has 6 nitrogen and oxygen atoms in total. The predicted molar refractivity (Wildman–Crippen MR) is 147 cm³/mol. The average molecular weight is 538 g/mol. The highest BCUT2D eigenvalue weighted by atomic mass is 19.1. The molecule has 208 valence electrons. The van der Waals surface area contributed by atoms with Gasteiger partial charge in [-0.25, -0.2) is 8.78 Å². The largest absolute Gasteiger partial charge is 0.392 e. The first-order chi connectivity index (χ1) is 18.8. The number of aromatic nitrogens is 1. The number of nitrogens with zero attached hydrogens (tertiary/aromatic N) is 2. The monoisotopic (exact) mass is 537 g/mol. The van der Waals surface area contributed by atoms with Crippen LogP contribution in [-0.2, 0) is 11.2 Å². The summed E-state index contributed by atoms with van der Waals surface area (Å²) in [5.74, 6) is -1.23. The molecule has 39 heavy (non-hydrogen) atoms. The number of rotatable bonds is 7. The molecular formula is C31H37F2N3O3. The number of carbonyl (C=O) groups excluding carboxylic acids is 1. The molecule has 1 aromatic heterocycles.